The van der Waals surface area contributed by atoms with Gasteiger partial charge in [-0.25, -0.2) is 0 Å². The third-order valence-corrected chi connectivity index (χ3v) is 15.7. The molecule has 7 heteroatoms. The van der Waals surface area contributed by atoms with Crippen LogP contribution in [0.4, 0.5) is 13.2 Å². The molecular formula is C49H39F3O3S. The van der Waals surface area contributed by atoms with E-state index in [2.05, 4.69) is 122 Å². The van der Waals surface area contributed by atoms with Crippen LogP contribution in [0.15, 0.2) is 140 Å². The number of aryl methyl sites for hydroxylation is 1. The highest BCUT2D eigenvalue weighted by atomic mass is 32.2. The van der Waals surface area contributed by atoms with Crippen LogP contribution in [0.5, 0.6) is 5.75 Å². The molecule has 0 aliphatic heterocycles. The third kappa shape index (κ3) is 4.33. The van der Waals surface area contributed by atoms with Gasteiger partial charge in [-0.3, -0.25) is 0 Å². The van der Waals surface area contributed by atoms with E-state index in [0.717, 1.165) is 54.4 Å². The van der Waals surface area contributed by atoms with Crippen molar-refractivity contribution >= 4 is 10.1 Å². The number of alkyl halides is 3. The van der Waals surface area contributed by atoms with E-state index < -0.39 is 15.6 Å². The lowest BCUT2D eigenvalue weighted by Crippen LogP contribution is -2.53. The zero-order chi connectivity index (χ0) is 38.2. The molecule has 5 aliphatic rings. The highest BCUT2D eigenvalue weighted by molar-refractivity contribution is 7.88. The predicted octanol–water partition coefficient (Wildman–Crippen LogP) is 12.1. The summed E-state index contributed by atoms with van der Waals surface area (Å²) in [5.74, 6) is 0.157. The standard InChI is InChI=1S/C49H39F3O3S/c1-30-12-2-3-13-33(30)37-17-9-11-21-43(37)48-25-24-46-27-31(28-47(45(46)48)29-44(48)39-19-7-6-16-36(39)38-18-8-10-20-41(38)47)34-14-4-5-15-35(34)40-26-32(22-23-42(40)46)55-56(53,54)49(50,51)52/h2-23,26,31,44-45H,24-25,27-29H2,1H3. The number of halogens is 3. The molecule has 0 N–H and O–H groups in total. The quantitative estimate of drug-likeness (QED) is 0.133. The van der Waals surface area contributed by atoms with Gasteiger partial charge < -0.3 is 4.18 Å². The Labute approximate surface area is 325 Å². The summed E-state index contributed by atoms with van der Waals surface area (Å²) in [6.07, 6.45) is 4.64. The molecule has 0 saturated heterocycles. The van der Waals surface area contributed by atoms with Crippen molar-refractivity contribution in [1.29, 1.82) is 0 Å². The van der Waals surface area contributed by atoms with Crippen molar-refractivity contribution in [2.45, 2.75) is 72.6 Å². The molecule has 6 unspecified atom stereocenters. The summed E-state index contributed by atoms with van der Waals surface area (Å²) in [5, 5.41) is 0. The minimum atomic E-state index is -5.87. The Balaban J connectivity index is 1.25. The lowest BCUT2D eigenvalue weighted by molar-refractivity contribution is -0.0500. The van der Waals surface area contributed by atoms with Gasteiger partial charge in [0.1, 0.15) is 5.75 Å². The second kappa shape index (κ2) is 11.5. The van der Waals surface area contributed by atoms with E-state index in [1.54, 1.807) is 6.07 Å². The largest absolute Gasteiger partial charge is 0.534 e. The Bertz CT molecular complexity index is 2740. The van der Waals surface area contributed by atoms with Gasteiger partial charge in [-0.05, 0) is 136 Å². The summed E-state index contributed by atoms with van der Waals surface area (Å²) in [4.78, 5) is 0. The molecule has 3 saturated carbocycles. The van der Waals surface area contributed by atoms with Gasteiger partial charge >= 0.3 is 15.6 Å². The van der Waals surface area contributed by atoms with E-state index in [9.17, 15) is 21.6 Å². The molecule has 6 aromatic carbocycles. The molecule has 280 valence electrons. The van der Waals surface area contributed by atoms with Crippen LogP contribution < -0.4 is 4.18 Å². The lowest BCUT2D eigenvalue weighted by Gasteiger charge is -2.56. The lowest BCUT2D eigenvalue weighted by atomic mass is 9.47. The highest BCUT2D eigenvalue weighted by Gasteiger charge is 2.76. The molecule has 0 heterocycles. The molecule has 3 nitrogen and oxygen atoms in total. The maximum Gasteiger partial charge on any atom is 0.534 e. The molecule has 5 aliphatic carbocycles. The van der Waals surface area contributed by atoms with E-state index in [-0.39, 0.29) is 39.7 Å². The number of benzene rings is 6. The van der Waals surface area contributed by atoms with Crippen LogP contribution in [0, 0.1) is 12.8 Å². The maximum atomic E-state index is 13.7. The average Bonchev–Trinajstić information content (AvgIpc) is 3.66. The monoisotopic (exact) mass is 764 g/mol. The maximum absolute atomic E-state index is 13.7. The first-order valence-corrected chi connectivity index (χ1v) is 21.0. The molecule has 6 aromatic rings. The van der Waals surface area contributed by atoms with E-state index in [1.807, 2.05) is 12.1 Å². The number of hydrogen-bond donors (Lipinski definition) is 0. The van der Waals surface area contributed by atoms with Crippen LogP contribution >= 0.6 is 0 Å². The molecule has 1 spiro atoms. The Morgan fingerprint density at radius 1 is 0.571 bits per heavy atom. The summed E-state index contributed by atoms with van der Waals surface area (Å²) in [6.45, 7) is 2.19. The summed E-state index contributed by atoms with van der Waals surface area (Å²) in [7, 11) is -5.87. The van der Waals surface area contributed by atoms with Crippen LogP contribution in [-0.4, -0.2) is 13.9 Å². The second-order valence-electron chi connectivity index (χ2n) is 16.9. The first-order chi connectivity index (χ1) is 27.0. The molecule has 0 amide bonds. The normalized spacial score (nSPS) is 27.8. The van der Waals surface area contributed by atoms with E-state index >= 15 is 0 Å². The summed E-state index contributed by atoms with van der Waals surface area (Å²) in [6, 6.07) is 49.0. The average molecular weight is 765 g/mol. The van der Waals surface area contributed by atoms with Crippen LogP contribution in [0.25, 0.3) is 33.4 Å². The van der Waals surface area contributed by atoms with Crippen molar-refractivity contribution in [2.24, 2.45) is 5.92 Å². The van der Waals surface area contributed by atoms with Gasteiger partial charge in [0.2, 0.25) is 0 Å². The summed E-state index contributed by atoms with van der Waals surface area (Å²) < 4.78 is 70.5. The minimum absolute atomic E-state index is 0.127. The zero-order valence-electron chi connectivity index (χ0n) is 30.8. The fraction of sp³-hybridized carbons (Fsp3) is 0.265. The van der Waals surface area contributed by atoms with Crippen LogP contribution in [-0.2, 0) is 26.4 Å². The van der Waals surface area contributed by atoms with Crippen molar-refractivity contribution in [3.63, 3.8) is 0 Å². The SMILES string of the molecule is Cc1ccccc1-c1ccccc1C12CCC34CC(CC5(CC1c1ccccc1-c1ccccc15)C32)c1ccccc1-c1cc(OS(=O)(=O)C(F)(F)F)ccc14. The number of hydrogen-bond acceptors (Lipinski definition) is 3. The molecule has 6 atom stereocenters. The van der Waals surface area contributed by atoms with E-state index in [1.165, 1.54) is 50.6 Å². The molecule has 56 heavy (non-hydrogen) atoms. The Morgan fingerprint density at radius 2 is 1.12 bits per heavy atom. The fourth-order valence-electron chi connectivity index (χ4n) is 13.2. The van der Waals surface area contributed by atoms with Crippen molar-refractivity contribution < 1.29 is 25.8 Å². The van der Waals surface area contributed by atoms with Gasteiger partial charge in [-0.2, -0.15) is 21.6 Å². The summed E-state index contributed by atoms with van der Waals surface area (Å²) >= 11 is 0. The molecule has 11 rings (SSSR count). The molecule has 0 aromatic heterocycles. The first kappa shape index (κ1) is 34.1. The number of rotatable bonds is 4. The van der Waals surface area contributed by atoms with Gasteiger partial charge in [0.05, 0.1) is 0 Å². The smallest absolute Gasteiger partial charge is 0.376 e. The first-order valence-electron chi connectivity index (χ1n) is 19.6. The Kier molecular flexibility index (Phi) is 6.99. The number of fused-ring (bicyclic) bond motifs is 9. The van der Waals surface area contributed by atoms with Crippen LogP contribution in [0.3, 0.4) is 0 Å². The topological polar surface area (TPSA) is 43.4 Å². The second-order valence-corrected chi connectivity index (χ2v) is 18.5. The summed E-state index contributed by atoms with van der Waals surface area (Å²) in [5.41, 5.74) is 7.95. The van der Waals surface area contributed by atoms with Crippen molar-refractivity contribution in [1.82, 2.24) is 0 Å². The van der Waals surface area contributed by atoms with Crippen molar-refractivity contribution in [2.75, 3.05) is 0 Å². The van der Waals surface area contributed by atoms with Crippen LogP contribution in [0.2, 0.25) is 0 Å². The van der Waals surface area contributed by atoms with E-state index in [4.69, 9.17) is 4.18 Å². The van der Waals surface area contributed by atoms with Gasteiger partial charge in [-0.1, -0.05) is 127 Å². The highest BCUT2D eigenvalue weighted by Crippen LogP contribution is 2.82. The van der Waals surface area contributed by atoms with Gasteiger partial charge in [-0.15, -0.1) is 0 Å². The van der Waals surface area contributed by atoms with Gasteiger partial charge in [0.15, 0.2) is 0 Å². The molecule has 4 bridgehead atoms. The minimum Gasteiger partial charge on any atom is -0.376 e. The van der Waals surface area contributed by atoms with Gasteiger partial charge in [0, 0.05) is 16.2 Å². The Hall–Kier alpha value is -5.14. The van der Waals surface area contributed by atoms with Gasteiger partial charge in [0.25, 0.3) is 0 Å². The van der Waals surface area contributed by atoms with Crippen molar-refractivity contribution in [3.8, 4) is 39.1 Å². The molecule has 0 radical (unpaired) electrons. The Morgan fingerprint density at radius 3 is 1.84 bits per heavy atom. The molecule has 3 fully saturated rings. The fourth-order valence-corrected chi connectivity index (χ4v) is 13.7. The zero-order valence-corrected chi connectivity index (χ0v) is 31.6. The molecular weight excluding hydrogens is 726 g/mol. The van der Waals surface area contributed by atoms with Crippen LogP contribution in [0.1, 0.15) is 77.3 Å². The van der Waals surface area contributed by atoms with Crippen molar-refractivity contribution in [3.05, 3.63) is 173 Å². The van der Waals surface area contributed by atoms with E-state index in [0.29, 0.717) is 0 Å². The predicted molar refractivity (Wildman–Crippen MR) is 213 cm³/mol. The third-order valence-electron chi connectivity index (χ3n) is 14.7.